The van der Waals surface area contributed by atoms with Gasteiger partial charge in [-0.1, -0.05) is 18.2 Å². The molecule has 0 radical (unpaired) electrons. The first-order valence-corrected chi connectivity index (χ1v) is 9.05. The van der Waals surface area contributed by atoms with Crippen molar-refractivity contribution in [1.29, 1.82) is 0 Å². The van der Waals surface area contributed by atoms with Crippen LogP contribution in [0.1, 0.15) is 17.2 Å². The highest BCUT2D eigenvalue weighted by atomic mass is 19.1. The fraction of sp³-hybridized carbons (Fsp3) is 0.381. The largest absolute Gasteiger partial charge is 0.493 e. The van der Waals surface area contributed by atoms with Gasteiger partial charge in [0.1, 0.15) is 11.9 Å². The molecular weight excluding hydrogens is 365 g/mol. The van der Waals surface area contributed by atoms with Crippen molar-refractivity contribution in [3.8, 4) is 11.5 Å². The maximum absolute atomic E-state index is 13.1. The second kappa shape index (κ2) is 9.03. The molecule has 2 atom stereocenters. The summed E-state index contributed by atoms with van der Waals surface area (Å²) >= 11 is 0. The van der Waals surface area contributed by atoms with E-state index in [0.29, 0.717) is 24.7 Å². The van der Waals surface area contributed by atoms with Gasteiger partial charge in [-0.2, -0.15) is 0 Å². The summed E-state index contributed by atoms with van der Waals surface area (Å²) in [4.78, 5) is 14.7. The number of ether oxygens (including phenoxy) is 3. The van der Waals surface area contributed by atoms with E-state index in [4.69, 9.17) is 14.2 Å². The number of carbonyl (C=O) groups excluding carboxylic acids is 1. The molecule has 1 heterocycles. The minimum Gasteiger partial charge on any atom is -0.493 e. The van der Waals surface area contributed by atoms with E-state index in [1.54, 1.807) is 43.4 Å². The van der Waals surface area contributed by atoms with Crippen LogP contribution in [-0.2, 0) is 16.0 Å². The van der Waals surface area contributed by atoms with Crippen molar-refractivity contribution in [2.45, 2.75) is 18.6 Å². The minimum absolute atomic E-state index is 0.117. The van der Waals surface area contributed by atoms with Crippen LogP contribution in [0.15, 0.2) is 42.5 Å². The fourth-order valence-electron chi connectivity index (χ4n) is 3.48. The molecule has 1 fully saturated rings. The number of hydrogen-bond donors (Lipinski definition) is 1. The highest BCUT2D eigenvalue weighted by molar-refractivity contribution is 5.79. The summed E-state index contributed by atoms with van der Waals surface area (Å²) in [6.07, 6.45) is -0.411. The lowest BCUT2D eigenvalue weighted by Gasteiger charge is -2.41. The van der Waals surface area contributed by atoms with Crippen molar-refractivity contribution in [3.05, 3.63) is 59.4 Å². The van der Waals surface area contributed by atoms with Crippen molar-refractivity contribution in [2.24, 2.45) is 0 Å². The number of amides is 1. The number of aliphatic hydroxyl groups excluding tert-OH is 1. The van der Waals surface area contributed by atoms with Crippen LogP contribution in [0.5, 0.6) is 11.5 Å². The van der Waals surface area contributed by atoms with Gasteiger partial charge in [-0.15, -0.1) is 0 Å². The summed E-state index contributed by atoms with van der Waals surface area (Å²) in [6.45, 7) is 0.513. The fourth-order valence-corrected chi connectivity index (χ4v) is 3.48. The number of hydrogen-bond acceptors (Lipinski definition) is 5. The highest BCUT2D eigenvalue weighted by Crippen LogP contribution is 2.35. The molecule has 2 aromatic carbocycles. The third kappa shape index (κ3) is 4.26. The summed E-state index contributed by atoms with van der Waals surface area (Å²) in [5, 5.41) is 9.81. The van der Waals surface area contributed by atoms with Crippen LogP contribution in [0, 0.1) is 5.82 Å². The molecule has 0 saturated carbocycles. The number of methoxy groups -OCH3 is 2. The zero-order chi connectivity index (χ0) is 20.1. The van der Waals surface area contributed by atoms with Crippen LogP contribution in [0.2, 0.25) is 0 Å². The molecule has 1 N–H and O–H groups in total. The van der Waals surface area contributed by atoms with Gasteiger partial charge in [0.05, 0.1) is 39.9 Å². The van der Waals surface area contributed by atoms with Crippen molar-refractivity contribution in [2.75, 3.05) is 34.0 Å². The van der Waals surface area contributed by atoms with E-state index >= 15 is 0 Å². The van der Waals surface area contributed by atoms with E-state index in [0.717, 1.165) is 11.1 Å². The molecule has 28 heavy (non-hydrogen) atoms. The Morgan fingerprint density at radius 1 is 1.18 bits per heavy atom. The quantitative estimate of drug-likeness (QED) is 0.822. The van der Waals surface area contributed by atoms with Crippen molar-refractivity contribution >= 4 is 5.91 Å². The van der Waals surface area contributed by atoms with Crippen LogP contribution in [-0.4, -0.2) is 56.0 Å². The van der Waals surface area contributed by atoms with Gasteiger partial charge in [0.15, 0.2) is 11.5 Å². The Balaban J connectivity index is 1.89. The maximum Gasteiger partial charge on any atom is 0.227 e. The van der Waals surface area contributed by atoms with Crippen LogP contribution in [0.4, 0.5) is 4.39 Å². The first-order valence-electron chi connectivity index (χ1n) is 9.05. The predicted molar refractivity (Wildman–Crippen MR) is 101 cm³/mol. The van der Waals surface area contributed by atoms with Gasteiger partial charge in [0, 0.05) is 6.54 Å². The van der Waals surface area contributed by atoms with Crippen LogP contribution in [0.25, 0.3) is 0 Å². The topological polar surface area (TPSA) is 68.2 Å². The molecule has 7 heteroatoms. The first kappa shape index (κ1) is 20.1. The molecule has 0 spiro atoms. The number of nitrogens with zero attached hydrogens (tertiary/aromatic N) is 1. The van der Waals surface area contributed by atoms with Gasteiger partial charge < -0.3 is 24.2 Å². The Morgan fingerprint density at radius 2 is 1.89 bits per heavy atom. The Morgan fingerprint density at radius 3 is 2.54 bits per heavy atom. The Bertz CT molecular complexity index is 811. The molecule has 0 bridgehead atoms. The maximum atomic E-state index is 13.1. The Kier molecular flexibility index (Phi) is 6.49. The van der Waals surface area contributed by atoms with Gasteiger partial charge in [0.25, 0.3) is 0 Å². The molecule has 6 nitrogen and oxygen atoms in total. The predicted octanol–water partition coefficient (Wildman–Crippen LogP) is 2.35. The van der Waals surface area contributed by atoms with Gasteiger partial charge >= 0.3 is 0 Å². The summed E-state index contributed by atoms with van der Waals surface area (Å²) in [5.41, 5.74) is 1.51. The molecule has 150 valence electrons. The third-order valence-electron chi connectivity index (χ3n) is 4.87. The number of carbonyl (C=O) groups is 1. The molecule has 0 unspecified atom stereocenters. The number of halogens is 1. The lowest BCUT2D eigenvalue weighted by molar-refractivity contribution is -0.149. The molecule has 2 aromatic rings. The molecule has 1 aliphatic heterocycles. The molecule has 3 rings (SSSR count). The average Bonchev–Trinajstić information content (AvgIpc) is 2.74. The second-order valence-electron chi connectivity index (χ2n) is 6.54. The summed E-state index contributed by atoms with van der Waals surface area (Å²) < 4.78 is 29.5. The standard InChI is InChI=1S/C21H24FNO5/c1-26-17-8-5-15(12-18(17)27-2)21-19(13-24)28-10-9-23(21)20(25)11-14-3-6-16(22)7-4-14/h3-8,12,19,21,24H,9-11,13H2,1-2H3/t19-,21-/m1/s1. The normalized spacial score (nSPS) is 19.4. The van der Waals surface area contributed by atoms with Crippen LogP contribution < -0.4 is 9.47 Å². The first-order chi connectivity index (χ1) is 13.6. The zero-order valence-electron chi connectivity index (χ0n) is 15.9. The van der Waals surface area contributed by atoms with Crippen LogP contribution in [0.3, 0.4) is 0 Å². The monoisotopic (exact) mass is 389 g/mol. The minimum atomic E-state index is -0.552. The van der Waals surface area contributed by atoms with E-state index in [1.807, 2.05) is 6.07 Å². The Hall–Kier alpha value is -2.64. The summed E-state index contributed by atoms with van der Waals surface area (Å²) in [5.74, 6) is 0.653. The van der Waals surface area contributed by atoms with Gasteiger partial charge in [-0.05, 0) is 35.4 Å². The summed E-state index contributed by atoms with van der Waals surface area (Å²) in [7, 11) is 3.09. The molecule has 0 aliphatic carbocycles. The SMILES string of the molecule is COc1ccc([C@@H]2[C@@H](CO)OCCN2C(=O)Cc2ccc(F)cc2)cc1OC. The van der Waals surface area contributed by atoms with Crippen molar-refractivity contribution < 1.29 is 28.5 Å². The third-order valence-corrected chi connectivity index (χ3v) is 4.87. The molecule has 1 amide bonds. The highest BCUT2D eigenvalue weighted by Gasteiger charge is 2.36. The van der Waals surface area contributed by atoms with Crippen molar-refractivity contribution in [3.63, 3.8) is 0 Å². The number of morpholine rings is 1. The smallest absolute Gasteiger partial charge is 0.227 e. The van der Waals surface area contributed by atoms with Crippen LogP contribution >= 0.6 is 0 Å². The van der Waals surface area contributed by atoms with E-state index in [1.165, 1.54) is 12.1 Å². The van der Waals surface area contributed by atoms with Crippen molar-refractivity contribution in [1.82, 2.24) is 4.90 Å². The van der Waals surface area contributed by atoms with Gasteiger partial charge in [-0.3, -0.25) is 4.79 Å². The van der Waals surface area contributed by atoms with E-state index in [9.17, 15) is 14.3 Å². The lowest BCUT2D eigenvalue weighted by Crippen LogP contribution is -2.49. The second-order valence-corrected chi connectivity index (χ2v) is 6.54. The van der Waals surface area contributed by atoms with Gasteiger partial charge in [0.2, 0.25) is 5.91 Å². The van der Waals surface area contributed by atoms with E-state index in [-0.39, 0.29) is 24.8 Å². The lowest BCUT2D eigenvalue weighted by atomic mass is 9.97. The molecular formula is C21H24FNO5. The zero-order valence-corrected chi connectivity index (χ0v) is 15.9. The molecule has 1 aliphatic rings. The molecule has 1 saturated heterocycles. The average molecular weight is 389 g/mol. The number of aliphatic hydroxyl groups is 1. The summed E-state index contributed by atoms with van der Waals surface area (Å²) in [6, 6.07) is 10.8. The van der Waals surface area contributed by atoms with E-state index in [2.05, 4.69) is 0 Å². The number of rotatable bonds is 6. The number of benzene rings is 2. The van der Waals surface area contributed by atoms with Gasteiger partial charge in [-0.25, -0.2) is 4.39 Å². The molecule has 0 aromatic heterocycles. The van der Waals surface area contributed by atoms with E-state index < -0.39 is 12.1 Å². The Labute approximate surface area is 163 Å².